The number of likely N-dealkylation sites (N-methyl/N-ethyl adjacent to an activating group) is 1. The van der Waals surface area contributed by atoms with Gasteiger partial charge < -0.3 is 14.8 Å². The fourth-order valence-electron chi connectivity index (χ4n) is 2.67. The van der Waals surface area contributed by atoms with E-state index in [1.54, 1.807) is 6.07 Å². The second-order valence-corrected chi connectivity index (χ2v) is 6.66. The minimum atomic E-state index is -0.0504. The molecule has 5 nitrogen and oxygen atoms in total. The van der Waals surface area contributed by atoms with Crippen molar-refractivity contribution in [3.05, 3.63) is 52.5 Å². The minimum absolute atomic E-state index is 0.0504. The molecule has 0 saturated carbocycles. The van der Waals surface area contributed by atoms with E-state index in [1.807, 2.05) is 37.3 Å². The number of ether oxygens (including phenoxy) is 2. The third-order valence-electron chi connectivity index (χ3n) is 3.99. The number of rotatable bonds is 6. The predicted molar refractivity (Wildman–Crippen MR) is 101 cm³/mol. The number of hydrogen-bond acceptors (Lipinski definition) is 4. The molecular formula is C19H21BrN2O3. The van der Waals surface area contributed by atoms with Crippen LogP contribution in [0.25, 0.3) is 0 Å². The van der Waals surface area contributed by atoms with Crippen molar-refractivity contribution in [3.63, 3.8) is 0 Å². The highest BCUT2D eigenvalue weighted by atomic mass is 79.9. The van der Waals surface area contributed by atoms with Crippen LogP contribution >= 0.6 is 15.9 Å². The lowest BCUT2D eigenvalue weighted by Crippen LogP contribution is -2.32. The molecule has 132 valence electrons. The minimum Gasteiger partial charge on any atom is -0.486 e. The summed E-state index contributed by atoms with van der Waals surface area (Å²) < 4.78 is 12.1. The molecule has 3 rings (SSSR count). The van der Waals surface area contributed by atoms with Crippen LogP contribution in [0.15, 0.2) is 46.9 Å². The average molecular weight is 405 g/mol. The van der Waals surface area contributed by atoms with Crippen molar-refractivity contribution < 1.29 is 14.3 Å². The van der Waals surface area contributed by atoms with Gasteiger partial charge in [-0.05, 0) is 30.3 Å². The largest absolute Gasteiger partial charge is 0.486 e. The third kappa shape index (κ3) is 4.74. The summed E-state index contributed by atoms with van der Waals surface area (Å²) in [4.78, 5) is 14.5. The lowest BCUT2D eigenvalue weighted by Gasteiger charge is -2.21. The van der Waals surface area contributed by atoms with E-state index in [1.165, 1.54) is 0 Å². The highest BCUT2D eigenvalue weighted by Crippen LogP contribution is 2.32. The quantitative estimate of drug-likeness (QED) is 0.797. The van der Waals surface area contributed by atoms with E-state index in [-0.39, 0.29) is 5.91 Å². The highest BCUT2D eigenvalue weighted by Gasteiger charge is 2.14. The van der Waals surface area contributed by atoms with Gasteiger partial charge in [0.1, 0.15) is 13.2 Å². The van der Waals surface area contributed by atoms with Crippen LogP contribution in [0.2, 0.25) is 0 Å². The van der Waals surface area contributed by atoms with E-state index in [4.69, 9.17) is 9.47 Å². The Labute approximate surface area is 156 Å². The van der Waals surface area contributed by atoms with Crippen LogP contribution in [0.3, 0.4) is 0 Å². The van der Waals surface area contributed by atoms with Crippen molar-refractivity contribution in [2.45, 2.75) is 13.5 Å². The molecule has 25 heavy (non-hydrogen) atoms. The zero-order chi connectivity index (χ0) is 17.6. The molecular weight excluding hydrogens is 384 g/mol. The molecule has 0 saturated heterocycles. The van der Waals surface area contributed by atoms with Gasteiger partial charge in [0.2, 0.25) is 5.91 Å². The smallest absolute Gasteiger partial charge is 0.238 e. The first-order chi connectivity index (χ1) is 12.2. The zero-order valence-corrected chi connectivity index (χ0v) is 15.7. The maximum absolute atomic E-state index is 12.4. The maximum atomic E-state index is 12.4. The monoisotopic (exact) mass is 404 g/mol. The van der Waals surface area contributed by atoms with Crippen LogP contribution in [0.1, 0.15) is 12.5 Å². The second kappa shape index (κ2) is 8.36. The Balaban J connectivity index is 1.60. The summed E-state index contributed by atoms with van der Waals surface area (Å²) in [5.74, 6) is 1.34. The first-order valence-electron chi connectivity index (χ1n) is 8.31. The molecule has 0 spiro atoms. The molecule has 0 aromatic heterocycles. The summed E-state index contributed by atoms with van der Waals surface area (Å²) in [6, 6.07) is 13.5. The predicted octanol–water partition coefficient (Wildman–Crippen LogP) is 3.68. The molecule has 1 N–H and O–H groups in total. The van der Waals surface area contributed by atoms with Gasteiger partial charge in [-0.25, -0.2) is 0 Å². The van der Waals surface area contributed by atoms with Crippen molar-refractivity contribution >= 4 is 27.5 Å². The third-order valence-corrected chi connectivity index (χ3v) is 4.77. The van der Waals surface area contributed by atoms with E-state index >= 15 is 0 Å². The molecule has 2 aromatic rings. The Bertz CT molecular complexity index is 751. The summed E-state index contributed by atoms with van der Waals surface area (Å²) >= 11 is 3.56. The van der Waals surface area contributed by atoms with E-state index in [0.717, 1.165) is 16.6 Å². The summed E-state index contributed by atoms with van der Waals surface area (Å²) in [6.45, 7) is 4.96. The second-order valence-electron chi connectivity index (χ2n) is 5.80. The van der Waals surface area contributed by atoms with Crippen molar-refractivity contribution in [1.82, 2.24) is 4.90 Å². The van der Waals surface area contributed by atoms with Gasteiger partial charge in [-0.2, -0.15) is 0 Å². The van der Waals surface area contributed by atoms with Crippen LogP contribution in [-0.4, -0.2) is 37.1 Å². The molecule has 6 heteroatoms. The van der Waals surface area contributed by atoms with Gasteiger partial charge in [-0.1, -0.05) is 41.1 Å². The molecule has 0 radical (unpaired) electrons. The molecule has 1 aliphatic heterocycles. The topological polar surface area (TPSA) is 50.8 Å². The fraction of sp³-hybridized carbons (Fsp3) is 0.316. The Morgan fingerprint density at radius 3 is 2.68 bits per heavy atom. The van der Waals surface area contributed by atoms with Gasteiger partial charge >= 0.3 is 0 Å². The molecule has 0 bridgehead atoms. The van der Waals surface area contributed by atoms with Gasteiger partial charge in [-0.3, -0.25) is 9.69 Å². The van der Waals surface area contributed by atoms with Crippen molar-refractivity contribution in [2.24, 2.45) is 0 Å². The Hall–Kier alpha value is -2.05. The Morgan fingerprint density at radius 1 is 1.16 bits per heavy atom. The van der Waals surface area contributed by atoms with E-state index in [9.17, 15) is 4.79 Å². The molecule has 0 aliphatic carbocycles. The van der Waals surface area contributed by atoms with Crippen LogP contribution < -0.4 is 14.8 Å². The number of fused-ring (bicyclic) bond motifs is 1. The van der Waals surface area contributed by atoms with Crippen LogP contribution in [0.4, 0.5) is 5.69 Å². The number of nitrogens with zero attached hydrogens (tertiary/aromatic N) is 1. The van der Waals surface area contributed by atoms with Gasteiger partial charge in [-0.15, -0.1) is 0 Å². The van der Waals surface area contributed by atoms with E-state index in [2.05, 4.69) is 32.2 Å². The van der Waals surface area contributed by atoms with Crippen molar-refractivity contribution in [2.75, 3.05) is 31.6 Å². The molecule has 1 heterocycles. The number of carbonyl (C=O) groups is 1. The van der Waals surface area contributed by atoms with Crippen LogP contribution in [0, 0.1) is 0 Å². The molecule has 0 fully saturated rings. The lowest BCUT2D eigenvalue weighted by atomic mass is 10.2. The van der Waals surface area contributed by atoms with Gasteiger partial charge in [0, 0.05) is 22.8 Å². The lowest BCUT2D eigenvalue weighted by molar-refractivity contribution is -0.117. The number of carbonyl (C=O) groups excluding carboxylic acids is 1. The molecule has 0 atom stereocenters. The van der Waals surface area contributed by atoms with Crippen molar-refractivity contribution in [3.8, 4) is 11.5 Å². The first kappa shape index (κ1) is 17.8. The zero-order valence-electron chi connectivity index (χ0n) is 14.1. The van der Waals surface area contributed by atoms with Crippen molar-refractivity contribution in [1.29, 1.82) is 0 Å². The van der Waals surface area contributed by atoms with E-state index in [0.29, 0.717) is 43.5 Å². The number of anilines is 1. The molecule has 1 amide bonds. The number of halogens is 1. The molecule has 0 unspecified atom stereocenters. The highest BCUT2D eigenvalue weighted by molar-refractivity contribution is 9.10. The fourth-order valence-corrected chi connectivity index (χ4v) is 3.08. The van der Waals surface area contributed by atoms with Crippen LogP contribution in [-0.2, 0) is 11.3 Å². The summed E-state index contributed by atoms with van der Waals surface area (Å²) in [7, 11) is 0. The standard InChI is InChI=1S/C19H21BrN2O3/c1-2-22(12-14-5-3-4-6-16(14)20)13-19(23)21-15-7-8-17-18(11-15)25-10-9-24-17/h3-8,11H,2,9-10,12-13H2,1H3,(H,21,23). The van der Waals surface area contributed by atoms with E-state index < -0.39 is 0 Å². The van der Waals surface area contributed by atoms with Crippen LogP contribution in [0.5, 0.6) is 11.5 Å². The maximum Gasteiger partial charge on any atom is 0.238 e. The average Bonchev–Trinajstić information content (AvgIpc) is 2.62. The Morgan fingerprint density at radius 2 is 1.92 bits per heavy atom. The van der Waals surface area contributed by atoms with Gasteiger partial charge in [0.25, 0.3) is 0 Å². The number of amides is 1. The van der Waals surface area contributed by atoms with Gasteiger partial charge in [0.15, 0.2) is 11.5 Å². The normalized spacial score (nSPS) is 12.9. The molecule has 1 aliphatic rings. The molecule has 2 aromatic carbocycles. The first-order valence-corrected chi connectivity index (χ1v) is 9.10. The number of nitrogens with one attached hydrogen (secondary N) is 1. The number of benzene rings is 2. The summed E-state index contributed by atoms with van der Waals surface area (Å²) in [6.07, 6.45) is 0. The summed E-state index contributed by atoms with van der Waals surface area (Å²) in [5, 5.41) is 2.93. The van der Waals surface area contributed by atoms with Gasteiger partial charge in [0.05, 0.1) is 6.54 Å². The Kier molecular flexibility index (Phi) is 5.94. The SMILES string of the molecule is CCN(CC(=O)Nc1ccc2c(c1)OCCO2)Cc1ccccc1Br. The summed E-state index contributed by atoms with van der Waals surface area (Å²) in [5.41, 5.74) is 1.88. The number of hydrogen-bond donors (Lipinski definition) is 1.